The van der Waals surface area contributed by atoms with Crippen molar-refractivity contribution in [2.45, 2.75) is 42.5 Å². The maximum atomic E-state index is 13.0. The molecular weight excluding hydrogens is 384 g/mol. The Balaban J connectivity index is 1.98. The summed E-state index contributed by atoms with van der Waals surface area (Å²) in [5.74, 6) is -3.48. The van der Waals surface area contributed by atoms with Gasteiger partial charge in [0.2, 0.25) is 0 Å². The summed E-state index contributed by atoms with van der Waals surface area (Å²) in [5, 5.41) is 71.4. The van der Waals surface area contributed by atoms with Crippen LogP contribution in [-0.4, -0.2) is 84.3 Å². The predicted octanol–water partition coefficient (Wildman–Crippen LogP) is -1.11. The van der Waals surface area contributed by atoms with E-state index in [1.165, 1.54) is 0 Å². The average Bonchev–Trinajstić information content (AvgIpc) is 2.66. The first kappa shape index (κ1) is 21.4. The number of aliphatic hydroxyl groups excluding tert-OH is 6. The van der Waals surface area contributed by atoms with E-state index in [1.54, 1.807) is 30.3 Å². The molecule has 0 radical (unpaired) electrons. The zero-order chi connectivity index (χ0) is 21.3. The number of ether oxygens (including phenoxy) is 1. The zero-order valence-corrected chi connectivity index (χ0v) is 15.4. The molecule has 158 valence electrons. The second-order valence-electron chi connectivity index (χ2n) is 7.34. The Labute approximate surface area is 166 Å². The first-order chi connectivity index (χ1) is 13.7. The van der Waals surface area contributed by atoms with Crippen molar-refractivity contribution in [1.82, 2.24) is 0 Å². The van der Waals surface area contributed by atoms with Crippen molar-refractivity contribution in [2.24, 2.45) is 5.92 Å². The molecular formula is C20H24O9. The van der Waals surface area contributed by atoms with Gasteiger partial charge in [-0.25, -0.2) is 0 Å². The number of carbonyl (C=O) groups is 1. The summed E-state index contributed by atoms with van der Waals surface area (Å²) in [6.07, 6.45) is -6.85. The second kappa shape index (κ2) is 8.23. The summed E-state index contributed by atoms with van der Waals surface area (Å²) >= 11 is 0. The van der Waals surface area contributed by atoms with Gasteiger partial charge in [0.05, 0.1) is 6.61 Å². The monoisotopic (exact) mass is 408 g/mol. The Morgan fingerprint density at radius 2 is 1.69 bits per heavy atom. The number of hydrogen-bond acceptors (Lipinski definition) is 9. The van der Waals surface area contributed by atoms with Crippen LogP contribution in [0.25, 0.3) is 0 Å². The number of allylic oxidation sites excluding steroid dienone is 1. The van der Waals surface area contributed by atoms with Gasteiger partial charge in [0.25, 0.3) is 0 Å². The lowest BCUT2D eigenvalue weighted by Crippen LogP contribution is -2.67. The highest BCUT2D eigenvalue weighted by Gasteiger charge is 2.58. The van der Waals surface area contributed by atoms with Crippen LogP contribution in [0.15, 0.2) is 54.0 Å². The van der Waals surface area contributed by atoms with E-state index < -0.39 is 65.9 Å². The van der Waals surface area contributed by atoms with Crippen molar-refractivity contribution in [2.75, 3.05) is 6.61 Å². The van der Waals surface area contributed by atoms with E-state index in [0.29, 0.717) is 5.56 Å². The van der Waals surface area contributed by atoms with Gasteiger partial charge in [-0.2, -0.15) is 0 Å². The predicted molar refractivity (Wildman–Crippen MR) is 98.8 cm³/mol. The number of hydrogen-bond donors (Lipinski definition) is 7. The van der Waals surface area contributed by atoms with Crippen LogP contribution in [0.3, 0.4) is 0 Å². The van der Waals surface area contributed by atoms with E-state index in [1.807, 2.05) is 0 Å². The van der Waals surface area contributed by atoms with E-state index in [-0.39, 0.29) is 6.42 Å². The van der Waals surface area contributed by atoms with Crippen LogP contribution in [0.1, 0.15) is 5.56 Å². The second-order valence-corrected chi connectivity index (χ2v) is 7.34. The molecule has 1 aliphatic heterocycles. The normalized spacial score (nSPS) is 37.6. The van der Waals surface area contributed by atoms with Crippen molar-refractivity contribution in [3.8, 4) is 0 Å². The van der Waals surface area contributed by atoms with Crippen LogP contribution in [0, 0.1) is 5.92 Å². The lowest BCUT2D eigenvalue weighted by Gasteiger charge is -2.48. The Kier molecular flexibility index (Phi) is 6.08. The summed E-state index contributed by atoms with van der Waals surface area (Å²) in [7, 11) is 0. The molecule has 0 aromatic heterocycles. The lowest BCUT2D eigenvalue weighted by molar-refractivity contribution is -0.267. The molecule has 9 nitrogen and oxygen atoms in total. The van der Waals surface area contributed by atoms with Gasteiger partial charge in [0.15, 0.2) is 5.78 Å². The molecule has 0 bridgehead atoms. The molecule has 1 heterocycles. The van der Waals surface area contributed by atoms with Crippen LogP contribution in [0.5, 0.6) is 0 Å². The molecule has 9 heteroatoms. The molecule has 2 aliphatic rings. The minimum Gasteiger partial charge on any atom is -0.511 e. The van der Waals surface area contributed by atoms with Crippen molar-refractivity contribution < 1.29 is 45.3 Å². The number of aliphatic hydroxyl groups is 7. The van der Waals surface area contributed by atoms with Crippen LogP contribution >= 0.6 is 0 Å². The third kappa shape index (κ3) is 3.93. The van der Waals surface area contributed by atoms with Crippen molar-refractivity contribution in [3.63, 3.8) is 0 Å². The molecule has 1 fully saturated rings. The fourth-order valence-corrected chi connectivity index (χ4v) is 3.89. The highest BCUT2D eigenvalue weighted by Crippen LogP contribution is 2.40. The fraction of sp³-hybridized carbons (Fsp3) is 0.450. The third-order valence-electron chi connectivity index (χ3n) is 5.32. The number of carbonyl (C=O) groups excluding carboxylic acids is 1. The van der Waals surface area contributed by atoms with Gasteiger partial charge in [-0.3, -0.25) is 4.79 Å². The van der Waals surface area contributed by atoms with Gasteiger partial charge in [-0.05, 0) is 11.6 Å². The van der Waals surface area contributed by atoms with E-state index in [0.717, 1.165) is 12.2 Å². The van der Waals surface area contributed by atoms with E-state index in [2.05, 4.69) is 0 Å². The standard InChI is InChI=1S/C20H24O9/c21-9-14-16(25)17(26)18(27)19(29-14)20(28)8-11(22)7-13(24)15(20)12(23)6-10-4-2-1-3-5-10/h1-5,7-8,14-19,21-22,24-28H,6,9H2/t14-,15?,16-,17+,18-,19?,20?/m1/s1. The van der Waals surface area contributed by atoms with E-state index in [9.17, 15) is 40.5 Å². The molecule has 1 aromatic carbocycles. The van der Waals surface area contributed by atoms with Gasteiger partial charge in [-0.15, -0.1) is 0 Å². The number of rotatable bonds is 5. The lowest BCUT2D eigenvalue weighted by atomic mass is 9.71. The first-order valence-electron chi connectivity index (χ1n) is 9.11. The molecule has 1 aromatic rings. The molecule has 0 saturated carbocycles. The molecule has 3 unspecified atom stereocenters. The SMILES string of the molecule is O=C(Cc1ccccc1)C1C(O)=CC(O)=CC1(O)C1O[C@H](CO)[C@@H](O)[C@H](O)[C@H]1O. The summed E-state index contributed by atoms with van der Waals surface area (Å²) in [6, 6.07) is 8.56. The Morgan fingerprint density at radius 1 is 1.03 bits per heavy atom. The van der Waals surface area contributed by atoms with Crippen molar-refractivity contribution in [1.29, 1.82) is 0 Å². The quantitative estimate of drug-likeness (QED) is 0.319. The van der Waals surface area contributed by atoms with Crippen LogP contribution in [0.2, 0.25) is 0 Å². The van der Waals surface area contributed by atoms with Gasteiger partial charge in [-0.1, -0.05) is 30.3 Å². The molecule has 29 heavy (non-hydrogen) atoms. The fourth-order valence-electron chi connectivity index (χ4n) is 3.89. The first-order valence-corrected chi connectivity index (χ1v) is 9.11. The van der Waals surface area contributed by atoms with Gasteiger partial charge in [0, 0.05) is 12.5 Å². The summed E-state index contributed by atoms with van der Waals surface area (Å²) < 4.78 is 5.39. The molecule has 3 rings (SSSR count). The molecule has 7 atom stereocenters. The highest BCUT2D eigenvalue weighted by atomic mass is 16.6. The smallest absolute Gasteiger partial charge is 0.151 e. The van der Waals surface area contributed by atoms with Crippen LogP contribution in [-0.2, 0) is 16.0 Å². The number of ketones is 1. The molecule has 1 saturated heterocycles. The number of Topliss-reactive ketones (excluding diaryl/α,β-unsaturated/α-hetero) is 1. The van der Waals surface area contributed by atoms with Gasteiger partial charge in [0.1, 0.15) is 53.6 Å². The maximum Gasteiger partial charge on any atom is 0.151 e. The highest BCUT2D eigenvalue weighted by molar-refractivity contribution is 5.87. The zero-order valence-electron chi connectivity index (χ0n) is 15.4. The Bertz CT molecular complexity index is 803. The van der Waals surface area contributed by atoms with Crippen LogP contribution in [0.4, 0.5) is 0 Å². The van der Waals surface area contributed by atoms with Crippen LogP contribution < -0.4 is 0 Å². The Morgan fingerprint density at radius 3 is 2.31 bits per heavy atom. The third-order valence-corrected chi connectivity index (χ3v) is 5.32. The van der Waals surface area contributed by atoms with Crippen molar-refractivity contribution >= 4 is 5.78 Å². The summed E-state index contributed by atoms with van der Waals surface area (Å²) in [4.78, 5) is 13.0. The van der Waals surface area contributed by atoms with E-state index in [4.69, 9.17) is 4.74 Å². The maximum absolute atomic E-state index is 13.0. The molecule has 7 N–H and O–H groups in total. The topological polar surface area (TPSA) is 168 Å². The molecule has 0 spiro atoms. The van der Waals surface area contributed by atoms with Gasteiger partial charge >= 0.3 is 0 Å². The largest absolute Gasteiger partial charge is 0.511 e. The summed E-state index contributed by atoms with van der Waals surface area (Å²) in [6.45, 7) is -0.738. The minimum atomic E-state index is -2.46. The van der Waals surface area contributed by atoms with Crippen molar-refractivity contribution in [3.05, 3.63) is 59.6 Å². The average molecular weight is 408 g/mol. The molecule has 0 amide bonds. The molecule has 1 aliphatic carbocycles. The number of benzene rings is 1. The summed E-state index contributed by atoms with van der Waals surface area (Å²) in [5.41, 5.74) is -1.84. The minimum absolute atomic E-state index is 0.169. The Hall–Kier alpha value is -2.27. The van der Waals surface area contributed by atoms with E-state index >= 15 is 0 Å². The van der Waals surface area contributed by atoms with Gasteiger partial charge < -0.3 is 40.5 Å².